The Labute approximate surface area is 102 Å². The van der Waals surface area contributed by atoms with E-state index in [2.05, 4.69) is 36.4 Å². The second kappa shape index (κ2) is 4.54. The van der Waals surface area contributed by atoms with Crippen LogP contribution >= 0.6 is 0 Å². The number of benzene rings is 2. The maximum atomic E-state index is 4.78. The second-order valence-corrected chi connectivity index (χ2v) is 4.40. The zero-order chi connectivity index (χ0) is 11.5. The molecule has 1 heteroatoms. The van der Waals surface area contributed by atoms with Crippen molar-refractivity contribution in [2.75, 3.05) is 0 Å². The fourth-order valence-electron chi connectivity index (χ4n) is 2.38. The van der Waals surface area contributed by atoms with Gasteiger partial charge in [0.05, 0.1) is 5.69 Å². The molecule has 0 spiro atoms. The molecule has 1 aliphatic rings. The Hall–Kier alpha value is -1.89. The van der Waals surface area contributed by atoms with Gasteiger partial charge >= 0.3 is 0 Å². The van der Waals surface area contributed by atoms with Crippen LogP contribution in [-0.2, 0) is 6.42 Å². The number of aryl methyl sites for hydroxylation is 1. The van der Waals surface area contributed by atoms with Gasteiger partial charge in [0.1, 0.15) is 0 Å². The highest BCUT2D eigenvalue weighted by Crippen LogP contribution is 2.24. The van der Waals surface area contributed by atoms with Crippen molar-refractivity contribution in [2.45, 2.75) is 19.3 Å². The molecule has 1 aliphatic carbocycles. The third-order valence-corrected chi connectivity index (χ3v) is 3.21. The third kappa shape index (κ3) is 2.14. The largest absolute Gasteiger partial charge is 0.253 e. The predicted octanol–water partition coefficient (Wildman–Crippen LogP) is 4.14. The van der Waals surface area contributed by atoms with E-state index >= 15 is 0 Å². The average molecular weight is 221 g/mol. The van der Waals surface area contributed by atoms with Crippen LogP contribution in [0, 0.1) is 0 Å². The molecule has 0 N–H and O–H groups in total. The minimum Gasteiger partial charge on any atom is -0.253 e. The van der Waals surface area contributed by atoms with E-state index in [1.54, 1.807) is 0 Å². The van der Waals surface area contributed by atoms with Gasteiger partial charge in [-0.1, -0.05) is 42.5 Å². The van der Waals surface area contributed by atoms with Gasteiger partial charge in [-0.25, -0.2) is 0 Å². The van der Waals surface area contributed by atoms with Gasteiger partial charge in [-0.05, 0) is 42.5 Å². The van der Waals surface area contributed by atoms with Crippen LogP contribution in [0.25, 0.3) is 0 Å². The summed E-state index contributed by atoms with van der Waals surface area (Å²) in [5, 5.41) is 0. The summed E-state index contributed by atoms with van der Waals surface area (Å²) in [4.78, 5) is 4.78. The van der Waals surface area contributed by atoms with E-state index in [1.807, 2.05) is 18.2 Å². The Kier molecular flexibility index (Phi) is 2.74. The van der Waals surface area contributed by atoms with Crippen molar-refractivity contribution in [1.29, 1.82) is 0 Å². The maximum absolute atomic E-state index is 4.78. The number of hydrogen-bond donors (Lipinski definition) is 0. The number of para-hydroxylation sites is 1. The van der Waals surface area contributed by atoms with E-state index in [-0.39, 0.29) is 0 Å². The standard InChI is InChI=1S/C16H15N/c1-2-9-14(10-3-1)17-16-12-6-8-13-7-4-5-11-15(13)16/h1-5,7,9-11H,6,8,12H2/b17-16+. The lowest BCUT2D eigenvalue weighted by molar-refractivity contribution is 0.839. The Morgan fingerprint density at radius 1 is 0.765 bits per heavy atom. The normalized spacial score (nSPS) is 16.8. The van der Waals surface area contributed by atoms with Crippen LogP contribution in [0.1, 0.15) is 24.0 Å². The van der Waals surface area contributed by atoms with Crippen molar-refractivity contribution in [3.05, 3.63) is 65.7 Å². The summed E-state index contributed by atoms with van der Waals surface area (Å²) < 4.78 is 0. The summed E-state index contributed by atoms with van der Waals surface area (Å²) in [6.45, 7) is 0. The van der Waals surface area contributed by atoms with Crippen molar-refractivity contribution in [1.82, 2.24) is 0 Å². The highest BCUT2D eigenvalue weighted by Gasteiger charge is 2.14. The summed E-state index contributed by atoms with van der Waals surface area (Å²) in [5.41, 5.74) is 5.06. The Morgan fingerprint density at radius 3 is 2.41 bits per heavy atom. The Bertz CT molecular complexity index is 540. The first kappa shape index (κ1) is 10.3. The average Bonchev–Trinajstić information content (AvgIpc) is 2.40. The topological polar surface area (TPSA) is 12.4 Å². The number of rotatable bonds is 1. The molecule has 0 heterocycles. The first-order chi connectivity index (χ1) is 8.43. The van der Waals surface area contributed by atoms with Crippen molar-refractivity contribution >= 4 is 11.4 Å². The highest BCUT2D eigenvalue weighted by molar-refractivity contribution is 6.04. The zero-order valence-electron chi connectivity index (χ0n) is 9.76. The van der Waals surface area contributed by atoms with Gasteiger partial charge < -0.3 is 0 Å². The summed E-state index contributed by atoms with van der Waals surface area (Å²) >= 11 is 0. The Balaban J connectivity index is 2.03. The van der Waals surface area contributed by atoms with Crippen LogP contribution in [0.4, 0.5) is 5.69 Å². The van der Waals surface area contributed by atoms with Crippen molar-refractivity contribution in [3.8, 4) is 0 Å². The van der Waals surface area contributed by atoms with Crippen LogP contribution in [0.15, 0.2) is 59.6 Å². The molecule has 17 heavy (non-hydrogen) atoms. The molecule has 0 saturated heterocycles. The second-order valence-electron chi connectivity index (χ2n) is 4.40. The molecule has 0 amide bonds. The zero-order valence-corrected chi connectivity index (χ0v) is 9.76. The maximum Gasteiger partial charge on any atom is 0.0633 e. The van der Waals surface area contributed by atoms with E-state index in [9.17, 15) is 0 Å². The van der Waals surface area contributed by atoms with E-state index in [0.717, 1.165) is 12.1 Å². The monoisotopic (exact) mass is 221 g/mol. The van der Waals surface area contributed by atoms with E-state index in [4.69, 9.17) is 4.99 Å². The number of aliphatic imine (C=N–C) groups is 1. The lowest BCUT2D eigenvalue weighted by Gasteiger charge is -2.17. The molecular formula is C16H15N. The number of nitrogens with zero attached hydrogens (tertiary/aromatic N) is 1. The predicted molar refractivity (Wildman–Crippen MR) is 72.0 cm³/mol. The van der Waals surface area contributed by atoms with Gasteiger partial charge in [0, 0.05) is 5.71 Å². The molecule has 0 unspecified atom stereocenters. The molecule has 3 rings (SSSR count). The van der Waals surface area contributed by atoms with Gasteiger partial charge in [-0.3, -0.25) is 4.99 Å². The molecular weight excluding hydrogens is 206 g/mol. The van der Waals surface area contributed by atoms with Gasteiger partial charge in [0.25, 0.3) is 0 Å². The molecule has 0 radical (unpaired) electrons. The molecule has 0 aliphatic heterocycles. The lowest BCUT2D eigenvalue weighted by atomic mass is 9.90. The van der Waals surface area contributed by atoms with Crippen molar-refractivity contribution in [3.63, 3.8) is 0 Å². The number of hydrogen-bond acceptors (Lipinski definition) is 1. The smallest absolute Gasteiger partial charge is 0.0633 e. The van der Waals surface area contributed by atoms with Crippen LogP contribution in [0.2, 0.25) is 0 Å². The number of fused-ring (bicyclic) bond motifs is 1. The Morgan fingerprint density at radius 2 is 1.53 bits per heavy atom. The summed E-state index contributed by atoms with van der Waals surface area (Å²) in [6, 6.07) is 18.8. The van der Waals surface area contributed by atoms with Crippen molar-refractivity contribution in [2.24, 2.45) is 4.99 Å². The minimum absolute atomic E-state index is 1.05. The quantitative estimate of drug-likeness (QED) is 0.686. The lowest BCUT2D eigenvalue weighted by Crippen LogP contribution is -2.11. The molecule has 0 bridgehead atoms. The first-order valence-corrected chi connectivity index (χ1v) is 6.14. The van der Waals surface area contributed by atoms with Crippen LogP contribution in [0.5, 0.6) is 0 Å². The minimum atomic E-state index is 1.05. The SMILES string of the molecule is c1ccc(/N=C2\CCCc3ccccc32)cc1. The van der Waals surface area contributed by atoms with Crippen LogP contribution in [0.3, 0.4) is 0 Å². The molecule has 0 saturated carbocycles. The van der Waals surface area contributed by atoms with E-state index in [1.165, 1.54) is 29.7 Å². The molecule has 1 nitrogen and oxygen atoms in total. The molecule has 0 aromatic heterocycles. The summed E-state index contributed by atoms with van der Waals surface area (Å²) in [5.74, 6) is 0. The first-order valence-electron chi connectivity index (χ1n) is 6.14. The third-order valence-electron chi connectivity index (χ3n) is 3.21. The molecule has 0 fully saturated rings. The molecule has 84 valence electrons. The van der Waals surface area contributed by atoms with Crippen LogP contribution < -0.4 is 0 Å². The van der Waals surface area contributed by atoms with Gasteiger partial charge in [-0.15, -0.1) is 0 Å². The van der Waals surface area contributed by atoms with E-state index < -0.39 is 0 Å². The summed E-state index contributed by atoms with van der Waals surface area (Å²) in [6.07, 6.45) is 3.48. The fraction of sp³-hybridized carbons (Fsp3) is 0.188. The van der Waals surface area contributed by atoms with Crippen molar-refractivity contribution < 1.29 is 0 Å². The van der Waals surface area contributed by atoms with Gasteiger partial charge in [0.2, 0.25) is 0 Å². The van der Waals surface area contributed by atoms with Gasteiger partial charge in [0.15, 0.2) is 0 Å². The molecule has 0 atom stereocenters. The summed E-state index contributed by atoms with van der Waals surface area (Å²) in [7, 11) is 0. The highest BCUT2D eigenvalue weighted by atomic mass is 14.7. The molecule has 2 aromatic carbocycles. The molecule has 2 aromatic rings. The fourth-order valence-corrected chi connectivity index (χ4v) is 2.38. The van der Waals surface area contributed by atoms with Gasteiger partial charge in [-0.2, -0.15) is 0 Å². The van der Waals surface area contributed by atoms with E-state index in [0.29, 0.717) is 0 Å². The van der Waals surface area contributed by atoms with Crippen LogP contribution in [-0.4, -0.2) is 5.71 Å².